The molecule has 0 saturated carbocycles. The molecule has 1 aliphatic rings. The number of carbonyl (C=O) groups is 1. The van der Waals surface area contributed by atoms with Gasteiger partial charge >= 0.3 is 0 Å². The van der Waals surface area contributed by atoms with E-state index < -0.39 is 0 Å². The number of hydrogen-bond acceptors (Lipinski definition) is 3. The molecule has 0 unspecified atom stereocenters. The molecule has 1 fully saturated rings. The molecule has 1 aliphatic heterocycles. The van der Waals surface area contributed by atoms with Crippen LogP contribution in [0.2, 0.25) is 0 Å². The lowest BCUT2D eigenvalue weighted by Gasteiger charge is -2.35. The fourth-order valence-electron chi connectivity index (χ4n) is 2.19. The molecule has 1 aromatic heterocycles. The van der Waals surface area contributed by atoms with Crippen molar-refractivity contribution < 1.29 is 9.90 Å². The SMILES string of the molecule is Cc1ccccc1-n1cc(C(=O)N2CC(O)C2)cn1. The Balaban J connectivity index is 1.84. The van der Waals surface area contributed by atoms with Gasteiger partial charge in [-0.25, -0.2) is 4.68 Å². The van der Waals surface area contributed by atoms with Crippen LogP contribution in [0.15, 0.2) is 36.7 Å². The maximum atomic E-state index is 12.1. The third kappa shape index (κ3) is 2.13. The van der Waals surface area contributed by atoms with Crippen molar-refractivity contribution in [2.45, 2.75) is 13.0 Å². The van der Waals surface area contributed by atoms with Gasteiger partial charge < -0.3 is 10.0 Å². The first kappa shape index (κ1) is 11.9. The minimum atomic E-state index is -0.379. The van der Waals surface area contributed by atoms with Crippen LogP contribution >= 0.6 is 0 Å². The fraction of sp³-hybridized carbons (Fsp3) is 0.286. The summed E-state index contributed by atoms with van der Waals surface area (Å²) >= 11 is 0. The number of aryl methyl sites for hydroxylation is 1. The predicted octanol–water partition coefficient (Wildman–Crippen LogP) is 0.997. The van der Waals surface area contributed by atoms with Crippen LogP contribution in [0.5, 0.6) is 0 Å². The largest absolute Gasteiger partial charge is 0.389 e. The monoisotopic (exact) mass is 257 g/mol. The number of aliphatic hydroxyl groups is 1. The van der Waals surface area contributed by atoms with Crippen LogP contribution in [0.3, 0.4) is 0 Å². The Hall–Kier alpha value is -2.14. The zero-order chi connectivity index (χ0) is 13.4. The second kappa shape index (κ2) is 4.51. The third-order valence-electron chi connectivity index (χ3n) is 3.34. The normalized spacial score (nSPS) is 15.4. The third-order valence-corrected chi connectivity index (χ3v) is 3.34. The highest BCUT2D eigenvalue weighted by Crippen LogP contribution is 2.16. The zero-order valence-electron chi connectivity index (χ0n) is 10.7. The van der Waals surface area contributed by atoms with Gasteiger partial charge in [-0.05, 0) is 18.6 Å². The molecule has 0 spiro atoms. The van der Waals surface area contributed by atoms with E-state index >= 15 is 0 Å². The van der Waals surface area contributed by atoms with E-state index in [2.05, 4.69) is 5.10 Å². The first-order chi connectivity index (χ1) is 9.15. The lowest BCUT2D eigenvalue weighted by molar-refractivity contribution is 0.00589. The minimum Gasteiger partial charge on any atom is -0.389 e. The van der Waals surface area contributed by atoms with Gasteiger partial charge in [0.15, 0.2) is 0 Å². The molecule has 0 aliphatic carbocycles. The van der Waals surface area contributed by atoms with Gasteiger partial charge in [0, 0.05) is 19.3 Å². The van der Waals surface area contributed by atoms with E-state index in [-0.39, 0.29) is 12.0 Å². The molecule has 1 aromatic carbocycles. The van der Waals surface area contributed by atoms with E-state index in [9.17, 15) is 9.90 Å². The standard InChI is InChI=1S/C14H15N3O2/c1-10-4-2-3-5-13(10)17-7-11(6-15-17)14(19)16-8-12(18)9-16/h2-7,12,18H,8-9H2,1H3. The van der Waals surface area contributed by atoms with Crippen LogP contribution in [-0.4, -0.2) is 44.9 Å². The molecule has 3 rings (SSSR count). The Kier molecular flexibility index (Phi) is 2.83. The molecule has 5 heteroatoms. The minimum absolute atomic E-state index is 0.0786. The maximum absolute atomic E-state index is 12.1. The number of hydrogen-bond donors (Lipinski definition) is 1. The zero-order valence-corrected chi connectivity index (χ0v) is 10.7. The summed E-state index contributed by atoms with van der Waals surface area (Å²) in [7, 11) is 0. The number of benzene rings is 1. The van der Waals surface area contributed by atoms with E-state index in [1.807, 2.05) is 31.2 Å². The number of amides is 1. The van der Waals surface area contributed by atoms with E-state index in [1.54, 1.807) is 22.0 Å². The van der Waals surface area contributed by atoms with Gasteiger partial charge in [-0.3, -0.25) is 4.79 Å². The van der Waals surface area contributed by atoms with E-state index in [0.717, 1.165) is 11.3 Å². The number of aliphatic hydroxyl groups excluding tert-OH is 1. The van der Waals surface area contributed by atoms with Crippen molar-refractivity contribution in [3.63, 3.8) is 0 Å². The Morgan fingerprint density at radius 3 is 2.79 bits per heavy atom. The summed E-state index contributed by atoms with van der Waals surface area (Å²) in [5, 5.41) is 13.5. The van der Waals surface area contributed by atoms with Crippen molar-refractivity contribution in [3.8, 4) is 5.69 Å². The summed E-state index contributed by atoms with van der Waals surface area (Å²) in [6, 6.07) is 7.88. The van der Waals surface area contributed by atoms with Crippen LogP contribution in [-0.2, 0) is 0 Å². The van der Waals surface area contributed by atoms with Crippen molar-refractivity contribution in [3.05, 3.63) is 47.8 Å². The van der Waals surface area contributed by atoms with Gasteiger partial charge in [0.25, 0.3) is 5.91 Å². The molecule has 1 amide bonds. The van der Waals surface area contributed by atoms with E-state index in [1.165, 1.54) is 0 Å². The van der Waals surface area contributed by atoms with Crippen LogP contribution in [0, 0.1) is 6.92 Å². The van der Waals surface area contributed by atoms with Gasteiger partial charge in [-0.15, -0.1) is 0 Å². The van der Waals surface area contributed by atoms with Crippen LogP contribution < -0.4 is 0 Å². The van der Waals surface area contributed by atoms with Crippen LogP contribution in [0.25, 0.3) is 5.69 Å². The second-order valence-corrected chi connectivity index (χ2v) is 4.82. The van der Waals surface area contributed by atoms with Crippen molar-refractivity contribution in [1.29, 1.82) is 0 Å². The van der Waals surface area contributed by atoms with Gasteiger partial charge in [-0.1, -0.05) is 18.2 Å². The highest BCUT2D eigenvalue weighted by atomic mass is 16.3. The quantitative estimate of drug-likeness (QED) is 0.873. The molecule has 1 saturated heterocycles. The molecule has 5 nitrogen and oxygen atoms in total. The number of para-hydroxylation sites is 1. The molecule has 0 radical (unpaired) electrons. The van der Waals surface area contributed by atoms with Gasteiger partial charge in [0.05, 0.1) is 23.6 Å². The van der Waals surface area contributed by atoms with Crippen molar-refractivity contribution in [2.75, 3.05) is 13.1 Å². The summed E-state index contributed by atoms with van der Waals surface area (Å²) in [4.78, 5) is 13.7. The molecular weight excluding hydrogens is 242 g/mol. The predicted molar refractivity (Wildman–Crippen MR) is 70.2 cm³/mol. The summed E-state index contributed by atoms with van der Waals surface area (Å²) in [6.07, 6.45) is 2.92. The molecule has 2 aromatic rings. The average Bonchev–Trinajstić information content (AvgIpc) is 2.84. The highest BCUT2D eigenvalue weighted by Gasteiger charge is 2.30. The summed E-state index contributed by atoms with van der Waals surface area (Å²) in [5.74, 6) is -0.0786. The lowest BCUT2D eigenvalue weighted by atomic mass is 10.1. The molecule has 0 atom stereocenters. The topological polar surface area (TPSA) is 58.4 Å². The number of aromatic nitrogens is 2. The molecule has 1 N–H and O–H groups in total. The number of carbonyl (C=O) groups excluding carboxylic acids is 1. The Morgan fingerprint density at radius 1 is 1.37 bits per heavy atom. The highest BCUT2D eigenvalue weighted by molar-refractivity contribution is 5.94. The van der Waals surface area contributed by atoms with Gasteiger partial charge in [0.2, 0.25) is 0 Å². The fourth-order valence-corrected chi connectivity index (χ4v) is 2.19. The number of likely N-dealkylation sites (tertiary alicyclic amines) is 1. The molecule has 98 valence electrons. The first-order valence-electron chi connectivity index (χ1n) is 6.23. The molecule has 0 bridgehead atoms. The Labute approximate surface area is 111 Å². The van der Waals surface area contributed by atoms with Crippen molar-refractivity contribution >= 4 is 5.91 Å². The smallest absolute Gasteiger partial charge is 0.257 e. The molecular formula is C14H15N3O2. The van der Waals surface area contributed by atoms with Crippen LogP contribution in [0.1, 0.15) is 15.9 Å². The lowest BCUT2D eigenvalue weighted by Crippen LogP contribution is -2.53. The van der Waals surface area contributed by atoms with Gasteiger partial charge in [-0.2, -0.15) is 5.10 Å². The number of rotatable bonds is 2. The maximum Gasteiger partial charge on any atom is 0.257 e. The summed E-state index contributed by atoms with van der Waals surface area (Å²) in [5.41, 5.74) is 2.62. The summed E-state index contributed by atoms with van der Waals surface area (Å²) in [6.45, 7) is 2.83. The average molecular weight is 257 g/mol. The van der Waals surface area contributed by atoms with E-state index in [4.69, 9.17) is 0 Å². The second-order valence-electron chi connectivity index (χ2n) is 4.82. The summed E-state index contributed by atoms with van der Waals surface area (Å²) < 4.78 is 1.71. The first-order valence-corrected chi connectivity index (χ1v) is 6.23. The van der Waals surface area contributed by atoms with Crippen molar-refractivity contribution in [2.24, 2.45) is 0 Å². The number of β-amino-alcohol motifs (C(OH)–C–C–N with tert-alkyl or cyclic N) is 1. The Bertz CT molecular complexity index is 615. The molecule has 2 heterocycles. The van der Waals surface area contributed by atoms with Gasteiger partial charge in [0.1, 0.15) is 0 Å². The van der Waals surface area contributed by atoms with Crippen LogP contribution in [0.4, 0.5) is 0 Å². The molecule has 19 heavy (non-hydrogen) atoms. The van der Waals surface area contributed by atoms with E-state index in [0.29, 0.717) is 18.7 Å². The van der Waals surface area contributed by atoms with Crippen molar-refractivity contribution in [1.82, 2.24) is 14.7 Å². The Morgan fingerprint density at radius 2 is 2.11 bits per heavy atom. The number of nitrogens with zero attached hydrogens (tertiary/aromatic N) is 3.